The zero-order valence-electron chi connectivity index (χ0n) is 12.2. The van der Waals surface area contributed by atoms with Crippen molar-refractivity contribution in [2.75, 3.05) is 7.05 Å². The predicted octanol–water partition coefficient (Wildman–Crippen LogP) is 2.64. The van der Waals surface area contributed by atoms with E-state index in [4.69, 9.17) is 0 Å². The highest BCUT2D eigenvalue weighted by atomic mass is 15.3. The first-order valence-electron chi connectivity index (χ1n) is 8.81. The van der Waals surface area contributed by atoms with Gasteiger partial charge in [0.05, 0.1) is 0 Å². The standard InChI is InChI=1S/C17H28N2/c1-18-12-8-13-3-2-4-14(9-12)19(13)17-15-10-5-6-11(7-10)16(15)17/h10-18H,2-9H2,1H3. The third-order valence-electron chi connectivity index (χ3n) is 7.48. The van der Waals surface area contributed by atoms with Crippen LogP contribution in [0.5, 0.6) is 0 Å². The van der Waals surface area contributed by atoms with E-state index in [-0.39, 0.29) is 0 Å². The molecule has 2 heterocycles. The molecule has 3 aliphatic carbocycles. The van der Waals surface area contributed by atoms with Crippen molar-refractivity contribution in [3.63, 3.8) is 0 Å². The molecule has 19 heavy (non-hydrogen) atoms. The summed E-state index contributed by atoms with van der Waals surface area (Å²) in [5.74, 6) is 4.58. The van der Waals surface area contributed by atoms with E-state index < -0.39 is 0 Å². The number of rotatable bonds is 2. The topological polar surface area (TPSA) is 15.3 Å². The Kier molecular flexibility index (Phi) is 2.42. The van der Waals surface area contributed by atoms with Gasteiger partial charge in [-0.2, -0.15) is 0 Å². The fraction of sp³-hybridized carbons (Fsp3) is 1.00. The van der Waals surface area contributed by atoms with Crippen LogP contribution in [-0.2, 0) is 0 Å². The molecule has 6 unspecified atom stereocenters. The molecule has 0 amide bonds. The Morgan fingerprint density at radius 2 is 1.47 bits per heavy atom. The minimum atomic E-state index is 0.807. The van der Waals surface area contributed by atoms with Gasteiger partial charge in [-0.3, -0.25) is 4.90 Å². The second kappa shape index (κ2) is 3.98. The molecule has 0 aromatic heterocycles. The van der Waals surface area contributed by atoms with Gasteiger partial charge in [-0.1, -0.05) is 6.42 Å². The van der Waals surface area contributed by atoms with Gasteiger partial charge in [-0.25, -0.2) is 0 Å². The molecule has 5 rings (SSSR count). The van der Waals surface area contributed by atoms with Crippen molar-refractivity contribution in [2.24, 2.45) is 23.7 Å². The molecule has 4 bridgehead atoms. The summed E-state index contributed by atoms with van der Waals surface area (Å²) >= 11 is 0. The van der Waals surface area contributed by atoms with Crippen LogP contribution in [0.15, 0.2) is 0 Å². The predicted molar refractivity (Wildman–Crippen MR) is 76.9 cm³/mol. The van der Waals surface area contributed by atoms with Crippen molar-refractivity contribution in [2.45, 2.75) is 75.5 Å². The van der Waals surface area contributed by atoms with Crippen molar-refractivity contribution >= 4 is 0 Å². The fourth-order valence-corrected chi connectivity index (χ4v) is 6.82. The van der Waals surface area contributed by atoms with Crippen LogP contribution in [0.25, 0.3) is 0 Å². The maximum absolute atomic E-state index is 3.57. The quantitative estimate of drug-likeness (QED) is 0.821. The largest absolute Gasteiger partial charge is 0.317 e. The van der Waals surface area contributed by atoms with E-state index in [1.807, 2.05) is 0 Å². The van der Waals surface area contributed by atoms with Gasteiger partial charge in [0.15, 0.2) is 0 Å². The van der Waals surface area contributed by atoms with Crippen LogP contribution >= 0.6 is 0 Å². The number of nitrogens with one attached hydrogen (secondary N) is 1. The maximum atomic E-state index is 3.57. The second-order valence-corrected chi connectivity index (χ2v) is 8.12. The Balaban J connectivity index is 1.38. The van der Waals surface area contributed by atoms with Crippen molar-refractivity contribution in [3.8, 4) is 0 Å². The van der Waals surface area contributed by atoms with Gasteiger partial charge in [0, 0.05) is 24.2 Å². The van der Waals surface area contributed by atoms with E-state index in [0.29, 0.717) is 0 Å². The molecule has 0 aromatic carbocycles. The SMILES string of the molecule is CNC1CC2CCCC(C1)N2C1C2C3CCC(C3)C21. The molecule has 2 saturated heterocycles. The first-order chi connectivity index (χ1) is 9.36. The van der Waals surface area contributed by atoms with Crippen LogP contribution in [0.4, 0.5) is 0 Å². The minimum absolute atomic E-state index is 0.807. The summed E-state index contributed by atoms with van der Waals surface area (Å²) in [7, 11) is 2.17. The minimum Gasteiger partial charge on any atom is -0.317 e. The van der Waals surface area contributed by atoms with Gasteiger partial charge in [-0.15, -0.1) is 0 Å². The highest BCUT2D eigenvalue weighted by molar-refractivity contribution is 5.19. The lowest BCUT2D eigenvalue weighted by molar-refractivity contribution is 0.00590. The molecule has 106 valence electrons. The van der Waals surface area contributed by atoms with Gasteiger partial charge in [0.2, 0.25) is 0 Å². The zero-order chi connectivity index (χ0) is 12.6. The third kappa shape index (κ3) is 1.51. The number of piperidine rings is 2. The summed E-state index contributed by atoms with van der Waals surface area (Å²) in [6, 6.07) is 3.71. The van der Waals surface area contributed by atoms with Gasteiger partial charge in [0.25, 0.3) is 0 Å². The van der Waals surface area contributed by atoms with Crippen molar-refractivity contribution in [1.82, 2.24) is 10.2 Å². The van der Waals surface area contributed by atoms with Crippen LogP contribution < -0.4 is 5.32 Å². The van der Waals surface area contributed by atoms with Crippen molar-refractivity contribution in [3.05, 3.63) is 0 Å². The molecule has 1 N–H and O–H groups in total. The smallest absolute Gasteiger partial charge is 0.0170 e. The molecule has 0 radical (unpaired) electrons. The van der Waals surface area contributed by atoms with Crippen molar-refractivity contribution < 1.29 is 0 Å². The van der Waals surface area contributed by atoms with E-state index in [2.05, 4.69) is 17.3 Å². The van der Waals surface area contributed by atoms with Crippen LogP contribution in [-0.4, -0.2) is 36.1 Å². The highest BCUT2D eigenvalue weighted by Gasteiger charge is 2.68. The van der Waals surface area contributed by atoms with Gasteiger partial charge < -0.3 is 5.32 Å². The highest BCUT2D eigenvalue weighted by Crippen LogP contribution is 2.68. The van der Waals surface area contributed by atoms with E-state index >= 15 is 0 Å². The molecule has 2 heteroatoms. The monoisotopic (exact) mass is 260 g/mol. The van der Waals surface area contributed by atoms with Crippen LogP contribution in [0, 0.1) is 23.7 Å². The third-order valence-corrected chi connectivity index (χ3v) is 7.48. The maximum Gasteiger partial charge on any atom is 0.0170 e. The van der Waals surface area contributed by atoms with E-state index in [1.54, 1.807) is 19.3 Å². The summed E-state index contributed by atoms with van der Waals surface area (Å²) in [5, 5.41) is 3.57. The Morgan fingerprint density at radius 1 is 0.842 bits per heavy atom. The summed E-state index contributed by atoms with van der Waals surface area (Å²) in [5.41, 5.74) is 0. The Labute approximate surface area is 117 Å². The lowest BCUT2D eigenvalue weighted by atomic mass is 9.81. The number of fused-ring (bicyclic) bond motifs is 7. The fourth-order valence-electron chi connectivity index (χ4n) is 6.82. The Morgan fingerprint density at radius 3 is 2.05 bits per heavy atom. The molecule has 0 spiro atoms. The Hall–Kier alpha value is -0.0800. The molecule has 2 nitrogen and oxygen atoms in total. The summed E-state index contributed by atoms with van der Waals surface area (Å²) < 4.78 is 0. The molecule has 2 aliphatic heterocycles. The average molecular weight is 260 g/mol. The molecular formula is C17H28N2. The molecule has 0 aromatic rings. The Bertz CT molecular complexity index is 351. The van der Waals surface area contributed by atoms with Crippen LogP contribution in [0.1, 0.15) is 51.4 Å². The summed E-state index contributed by atoms with van der Waals surface area (Å²) in [6.45, 7) is 0. The van der Waals surface area contributed by atoms with Gasteiger partial charge in [-0.05, 0) is 75.7 Å². The number of nitrogens with zero attached hydrogens (tertiary/aromatic N) is 1. The van der Waals surface area contributed by atoms with E-state index in [9.17, 15) is 0 Å². The first-order valence-corrected chi connectivity index (χ1v) is 8.81. The van der Waals surface area contributed by atoms with Gasteiger partial charge in [0.1, 0.15) is 0 Å². The average Bonchev–Trinajstić information content (AvgIpc) is 2.83. The molecule has 5 aliphatic rings. The molecule has 6 atom stereocenters. The van der Waals surface area contributed by atoms with Crippen LogP contribution in [0.3, 0.4) is 0 Å². The number of hydrogen-bond donors (Lipinski definition) is 1. The normalized spacial score (nSPS) is 59.2. The molecular weight excluding hydrogens is 232 g/mol. The zero-order valence-corrected chi connectivity index (χ0v) is 12.2. The lowest BCUT2D eigenvalue weighted by Gasteiger charge is -2.50. The second-order valence-electron chi connectivity index (χ2n) is 8.12. The number of hydrogen-bond acceptors (Lipinski definition) is 2. The van der Waals surface area contributed by atoms with E-state index in [1.165, 1.54) is 32.1 Å². The van der Waals surface area contributed by atoms with E-state index in [0.717, 1.165) is 47.8 Å². The van der Waals surface area contributed by atoms with Gasteiger partial charge >= 0.3 is 0 Å². The molecule has 5 fully saturated rings. The van der Waals surface area contributed by atoms with Crippen molar-refractivity contribution in [1.29, 1.82) is 0 Å². The lowest BCUT2D eigenvalue weighted by Crippen LogP contribution is -2.57. The summed E-state index contributed by atoms with van der Waals surface area (Å²) in [6.07, 6.45) is 12.1. The first kappa shape index (κ1) is 11.6. The summed E-state index contributed by atoms with van der Waals surface area (Å²) in [4.78, 5) is 3.07. The van der Waals surface area contributed by atoms with Crippen LogP contribution in [0.2, 0.25) is 0 Å². The molecule has 3 saturated carbocycles.